The van der Waals surface area contributed by atoms with Crippen molar-refractivity contribution in [2.75, 3.05) is 0 Å². The van der Waals surface area contributed by atoms with E-state index < -0.39 is 17.6 Å². The number of alkyl halides is 5. The first-order valence-corrected chi connectivity index (χ1v) is 6.70. The molecule has 0 aromatic heterocycles. The van der Waals surface area contributed by atoms with E-state index in [0.29, 0.717) is 37.0 Å². The summed E-state index contributed by atoms with van der Waals surface area (Å²) in [7, 11) is 0. The second-order valence-electron chi connectivity index (χ2n) is 6.52. The Kier molecular flexibility index (Phi) is 2.74. The molecule has 19 heavy (non-hydrogen) atoms. The van der Waals surface area contributed by atoms with Gasteiger partial charge < -0.3 is 0 Å². The van der Waals surface area contributed by atoms with E-state index in [1.165, 1.54) is 0 Å². The van der Waals surface area contributed by atoms with Gasteiger partial charge in [0.25, 0.3) is 0 Å². The molecule has 4 saturated carbocycles. The number of halogens is 5. The van der Waals surface area contributed by atoms with Crippen LogP contribution in [0.3, 0.4) is 0 Å². The zero-order valence-corrected chi connectivity index (χ0v) is 10.4. The molecule has 0 heterocycles. The standard InChI is InChI=1S/C13H16F5N/c14-12(15,13(16,17)18)7-19-11-4-8-1-9(5-11)3-10(2-8)6-11/h7-10H,1-6H2. The smallest absolute Gasteiger partial charge is 0.284 e. The highest BCUT2D eigenvalue weighted by atomic mass is 19.4. The molecule has 6 heteroatoms. The van der Waals surface area contributed by atoms with E-state index in [2.05, 4.69) is 4.99 Å². The summed E-state index contributed by atoms with van der Waals surface area (Å²) in [6, 6.07) is 0. The highest BCUT2D eigenvalue weighted by Crippen LogP contribution is 2.57. The summed E-state index contributed by atoms with van der Waals surface area (Å²) < 4.78 is 62.3. The molecular formula is C13H16F5N. The fourth-order valence-corrected chi connectivity index (χ4v) is 4.51. The fraction of sp³-hybridized carbons (Fsp3) is 0.923. The third kappa shape index (κ3) is 2.27. The van der Waals surface area contributed by atoms with Crippen LogP contribution in [0.25, 0.3) is 0 Å². The third-order valence-corrected chi connectivity index (χ3v) is 4.88. The lowest BCUT2D eigenvalue weighted by Gasteiger charge is -2.55. The van der Waals surface area contributed by atoms with Crippen LogP contribution in [-0.2, 0) is 0 Å². The van der Waals surface area contributed by atoms with Crippen LogP contribution < -0.4 is 0 Å². The van der Waals surface area contributed by atoms with Crippen LogP contribution in [-0.4, -0.2) is 23.9 Å². The van der Waals surface area contributed by atoms with Crippen molar-refractivity contribution in [3.63, 3.8) is 0 Å². The summed E-state index contributed by atoms with van der Waals surface area (Å²) in [6.07, 6.45) is -0.325. The van der Waals surface area contributed by atoms with Crippen molar-refractivity contribution in [1.82, 2.24) is 0 Å². The van der Waals surface area contributed by atoms with Gasteiger partial charge in [0.05, 0.1) is 11.8 Å². The molecule has 0 unspecified atom stereocenters. The molecule has 4 aliphatic rings. The Morgan fingerprint density at radius 1 is 0.842 bits per heavy atom. The average Bonchev–Trinajstić information content (AvgIpc) is 2.23. The Balaban J connectivity index is 1.80. The van der Waals surface area contributed by atoms with E-state index in [9.17, 15) is 22.0 Å². The molecular weight excluding hydrogens is 265 g/mol. The minimum absolute atomic E-state index is 0.139. The van der Waals surface area contributed by atoms with Gasteiger partial charge in [0.15, 0.2) is 0 Å². The normalized spacial score (nSPS) is 42.3. The number of nitrogens with zero attached hydrogens (tertiary/aromatic N) is 1. The van der Waals surface area contributed by atoms with Crippen LogP contribution in [0.2, 0.25) is 0 Å². The lowest BCUT2D eigenvalue weighted by molar-refractivity contribution is -0.247. The first kappa shape index (κ1) is 13.3. The van der Waals surface area contributed by atoms with Gasteiger partial charge in [-0.15, -0.1) is 0 Å². The van der Waals surface area contributed by atoms with Crippen molar-refractivity contribution in [3.8, 4) is 0 Å². The number of aliphatic imine (C=N–C) groups is 1. The molecule has 4 bridgehead atoms. The molecule has 108 valence electrons. The lowest BCUT2D eigenvalue weighted by atomic mass is 9.53. The van der Waals surface area contributed by atoms with Crippen molar-refractivity contribution in [2.45, 2.75) is 56.2 Å². The summed E-state index contributed by atoms with van der Waals surface area (Å²) in [5, 5.41) is 0. The van der Waals surface area contributed by atoms with Crippen molar-refractivity contribution in [3.05, 3.63) is 0 Å². The molecule has 0 saturated heterocycles. The topological polar surface area (TPSA) is 12.4 Å². The van der Waals surface area contributed by atoms with Gasteiger partial charge in [-0.25, -0.2) is 0 Å². The van der Waals surface area contributed by atoms with Crippen molar-refractivity contribution < 1.29 is 22.0 Å². The highest BCUT2D eigenvalue weighted by molar-refractivity contribution is 5.68. The van der Waals surface area contributed by atoms with Crippen molar-refractivity contribution in [1.29, 1.82) is 0 Å². The Labute approximate surface area is 108 Å². The van der Waals surface area contributed by atoms with E-state index in [1.54, 1.807) is 0 Å². The first-order valence-electron chi connectivity index (χ1n) is 6.70. The lowest BCUT2D eigenvalue weighted by Crippen LogP contribution is -2.50. The van der Waals surface area contributed by atoms with Gasteiger partial charge in [0, 0.05) is 0 Å². The Morgan fingerprint density at radius 2 is 1.26 bits per heavy atom. The maximum Gasteiger partial charge on any atom is 0.459 e. The summed E-state index contributed by atoms with van der Waals surface area (Å²) in [5.41, 5.74) is -0.635. The fourth-order valence-electron chi connectivity index (χ4n) is 4.51. The molecule has 4 aliphatic carbocycles. The van der Waals surface area contributed by atoms with E-state index in [4.69, 9.17) is 0 Å². The minimum Gasteiger partial charge on any atom is -0.284 e. The molecule has 0 aliphatic heterocycles. The molecule has 4 fully saturated rings. The molecule has 0 amide bonds. The maximum absolute atomic E-state index is 12.9. The summed E-state index contributed by atoms with van der Waals surface area (Å²) in [5.74, 6) is -3.38. The monoisotopic (exact) mass is 281 g/mol. The summed E-state index contributed by atoms with van der Waals surface area (Å²) >= 11 is 0. The van der Waals surface area contributed by atoms with E-state index in [1.807, 2.05) is 0 Å². The summed E-state index contributed by atoms with van der Waals surface area (Å²) in [6.45, 7) is 0. The predicted octanol–water partition coefficient (Wildman–Crippen LogP) is 4.22. The van der Waals surface area contributed by atoms with Crippen LogP contribution in [0.5, 0.6) is 0 Å². The van der Waals surface area contributed by atoms with Gasteiger partial charge in [-0.2, -0.15) is 22.0 Å². The Bertz CT molecular complexity index is 363. The molecule has 0 spiro atoms. The maximum atomic E-state index is 12.9. The van der Waals surface area contributed by atoms with Crippen molar-refractivity contribution >= 4 is 6.21 Å². The van der Waals surface area contributed by atoms with Gasteiger partial charge in [0.2, 0.25) is 0 Å². The Morgan fingerprint density at radius 3 is 1.63 bits per heavy atom. The van der Waals surface area contributed by atoms with Gasteiger partial charge in [-0.1, -0.05) is 0 Å². The minimum atomic E-state index is -5.54. The van der Waals surface area contributed by atoms with Crippen LogP contribution in [0.1, 0.15) is 38.5 Å². The van der Waals surface area contributed by atoms with Gasteiger partial charge in [-0.05, 0) is 56.3 Å². The third-order valence-electron chi connectivity index (χ3n) is 4.88. The number of hydrogen-bond donors (Lipinski definition) is 0. The zero-order valence-electron chi connectivity index (χ0n) is 10.4. The van der Waals surface area contributed by atoms with Crippen molar-refractivity contribution in [2.24, 2.45) is 22.7 Å². The van der Waals surface area contributed by atoms with Crippen LogP contribution >= 0.6 is 0 Å². The van der Waals surface area contributed by atoms with Crippen LogP contribution in [0.15, 0.2) is 4.99 Å². The zero-order chi connectivity index (χ0) is 13.9. The molecule has 1 nitrogen and oxygen atoms in total. The second kappa shape index (κ2) is 3.92. The quantitative estimate of drug-likeness (QED) is 0.530. The molecule has 0 aromatic carbocycles. The number of rotatable bonds is 2. The number of hydrogen-bond acceptors (Lipinski definition) is 1. The van der Waals surface area contributed by atoms with E-state index in [-0.39, 0.29) is 6.21 Å². The van der Waals surface area contributed by atoms with Crippen LogP contribution in [0, 0.1) is 17.8 Å². The van der Waals surface area contributed by atoms with E-state index in [0.717, 1.165) is 19.3 Å². The predicted molar refractivity (Wildman–Crippen MR) is 60.4 cm³/mol. The second-order valence-corrected chi connectivity index (χ2v) is 6.52. The van der Waals surface area contributed by atoms with Gasteiger partial charge >= 0.3 is 12.1 Å². The Hall–Kier alpha value is -0.680. The average molecular weight is 281 g/mol. The largest absolute Gasteiger partial charge is 0.459 e. The van der Waals surface area contributed by atoms with Gasteiger partial charge in [-0.3, -0.25) is 4.99 Å². The van der Waals surface area contributed by atoms with Gasteiger partial charge in [0.1, 0.15) is 0 Å². The highest BCUT2D eigenvalue weighted by Gasteiger charge is 2.57. The SMILES string of the molecule is FC(F)(F)C(F)(F)C=NC12CC3CC(CC(C3)C1)C2. The van der Waals surface area contributed by atoms with Crippen LogP contribution in [0.4, 0.5) is 22.0 Å². The summed E-state index contributed by atoms with van der Waals surface area (Å²) in [4.78, 5) is 3.76. The molecule has 0 atom stereocenters. The molecule has 0 N–H and O–H groups in total. The van der Waals surface area contributed by atoms with E-state index >= 15 is 0 Å². The molecule has 0 radical (unpaired) electrons. The molecule has 0 aromatic rings. The first-order chi connectivity index (χ1) is 8.69. The molecule has 4 rings (SSSR count).